The molecular formula is C8H20ClP. The molecule has 0 saturated heterocycles. The fourth-order valence-corrected chi connectivity index (χ4v) is 4.00. The predicted octanol–water partition coefficient (Wildman–Crippen LogP) is 3.77. The van der Waals surface area contributed by atoms with Gasteiger partial charge in [0, 0.05) is 0 Å². The molecule has 0 aromatic rings. The topological polar surface area (TPSA) is 0 Å². The summed E-state index contributed by atoms with van der Waals surface area (Å²) in [7, 11) is 0. The number of hydrogen-bond donors (Lipinski definition) is 0. The molecule has 0 aliphatic heterocycles. The van der Waals surface area contributed by atoms with E-state index in [4.69, 9.17) is 11.2 Å². The van der Waals surface area contributed by atoms with E-state index in [0.717, 1.165) is 0 Å². The molecule has 64 valence electrons. The van der Waals surface area contributed by atoms with Gasteiger partial charge in [-0.2, -0.15) is 0 Å². The van der Waals surface area contributed by atoms with E-state index < -0.39 is 5.96 Å². The average Bonchev–Trinajstić information content (AvgIpc) is 1.90. The summed E-state index contributed by atoms with van der Waals surface area (Å²) in [6, 6.07) is 0. The Labute approximate surface area is 70.1 Å². The molecule has 0 aromatic carbocycles. The zero-order valence-corrected chi connectivity index (χ0v) is 9.30. The van der Waals surface area contributed by atoms with Gasteiger partial charge in [0.1, 0.15) is 0 Å². The third-order valence-electron chi connectivity index (χ3n) is 2.61. The van der Waals surface area contributed by atoms with Crippen molar-refractivity contribution in [2.75, 3.05) is 25.2 Å². The molecule has 2 heteroatoms. The zero-order chi connectivity index (χ0) is 8.28. The van der Waals surface area contributed by atoms with Crippen molar-refractivity contribution in [3.05, 3.63) is 0 Å². The van der Waals surface area contributed by atoms with Crippen LogP contribution in [0.1, 0.15) is 27.2 Å². The van der Waals surface area contributed by atoms with Crippen LogP contribution in [0.4, 0.5) is 0 Å². The van der Waals surface area contributed by atoms with Crippen LogP contribution >= 0.6 is 17.2 Å². The minimum atomic E-state index is -1.68. The molecule has 0 aliphatic carbocycles. The Morgan fingerprint density at radius 2 is 1.50 bits per heavy atom. The summed E-state index contributed by atoms with van der Waals surface area (Å²) in [4.78, 5) is 0. The van der Waals surface area contributed by atoms with Crippen molar-refractivity contribution in [1.82, 2.24) is 0 Å². The molecule has 0 rings (SSSR count). The molecule has 0 bridgehead atoms. The summed E-state index contributed by atoms with van der Waals surface area (Å²) in [5, 5.41) is 0. The van der Waals surface area contributed by atoms with Crippen molar-refractivity contribution in [2.45, 2.75) is 27.2 Å². The van der Waals surface area contributed by atoms with Crippen LogP contribution in [0.2, 0.25) is 0 Å². The van der Waals surface area contributed by atoms with E-state index in [2.05, 4.69) is 27.4 Å². The number of rotatable bonds is 4. The molecule has 0 heterocycles. The quantitative estimate of drug-likeness (QED) is 0.581. The van der Waals surface area contributed by atoms with E-state index in [9.17, 15) is 0 Å². The van der Waals surface area contributed by atoms with Crippen molar-refractivity contribution in [1.29, 1.82) is 0 Å². The first-order chi connectivity index (χ1) is 4.46. The van der Waals surface area contributed by atoms with Gasteiger partial charge in [0.15, 0.2) is 0 Å². The molecule has 0 fully saturated rings. The third kappa shape index (κ3) is 2.76. The fraction of sp³-hybridized carbons (Fsp3) is 1.00. The molecule has 0 unspecified atom stereocenters. The van der Waals surface area contributed by atoms with E-state index in [0.29, 0.717) is 0 Å². The maximum atomic E-state index is 6.59. The Kier molecular flexibility index (Phi) is 3.66. The Hall–Kier alpha value is 0.720. The molecule has 0 saturated carbocycles. The fourth-order valence-electron chi connectivity index (χ4n) is 1.16. The van der Waals surface area contributed by atoms with Crippen molar-refractivity contribution < 1.29 is 0 Å². The molecule has 0 radical (unpaired) electrons. The van der Waals surface area contributed by atoms with Gasteiger partial charge >= 0.3 is 69.5 Å². The van der Waals surface area contributed by atoms with Crippen LogP contribution in [-0.2, 0) is 0 Å². The average molecular weight is 183 g/mol. The second-order valence-corrected chi connectivity index (χ2v) is 12.7. The molecule has 0 spiro atoms. The Bertz CT molecular complexity index is 102. The summed E-state index contributed by atoms with van der Waals surface area (Å²) < 4.78 is 0. The summed E-state index contributed by atoms with van der Waals surface area (Å²) in [6.45, 7) is 8.98. The van der Waals surface area contributed by atoms with Gasteiger partial charge in [-0.25, -0.2) is 0 Å². The van der Waals surface area contributed by atoms with Crippen molar-refractivity contribution in [2.24, 2.45) is 0 Å². The van der Waals surface area contributed by atoms with Crippen molar-refractivity contribution >= 4 is 17.2 Å². The van der Waals surface area contributed by atoms with E-state index >= 15 is 0 Å². The third-order valence-corrected chi connectivity index (χ3v) is 9.78. The Balaban J connectivity index is 4.19. The second kappa shape index (κ2) is 3.41. The number of hydrogen-bond acceptors (Lipinski definition) is 0. The summed E-state index contributed by atoms with van der Waals surface area (Å²) in [5.41, 5.74) is 0. The molecule has 0 aromatic heterocycles. The van der Waals surface area contributed by atoms with E-state index in [1.807, 2.05) is 0 Å². The predicted molar refractivity (Wildman–Crippen MR) is 54.9 cm³/mol. The van der Waals surface area contributed by atoms with Crippen LogP contribution in [0.25, 0.3) is 0 Å². The summed E-state index contributed by atoms with van der Waals surface area (Å²) in [5.74, 6) is -1.68. The van der Waals surface area contributed by atoms with Crippen LogP contribution in [0.15, 0.2) is 0 Å². The van der Waals surface area contributed by atoms with Gasteiger partial charge in [-0.3, -0.25) is 0 Å². The van der Waals surface area contributed by atoms with Gasteiger partial charge in [0.25, 0.3) is 0 Å². The summed E-state index contributed by atoms with van der Waals surface area (Å²) in [6.07, 6.45) is 4.87. The first-order valence-electron chi connectivity index (χ1n) is 4.19. The van der Waals surface area contributed by atoms with Crippen molar-refractivity contribution in [3.8, 4) is 0 Å². The number of halogens is 1. The van der Waals surface area contributed by atoms with E-state index in [1.165, 1.54) is 24.9 Å². The second-order valence-electron chi connectivity index (χ2n) is 3.50. The van der Waals surface area contributed by atoms with Crippen LogP contribution in [-0.4, -0.2) is 25.2 Å². The molecular weight excluding hydrogens is 163 g/mol. The van der Waals surface area contributed by atoms with E-state index in [1.54, 1.807) is 0 Å². The molecule has 0 aliphatic rings. The molecule has 0 N–H and O–H groups in total. The van der Waals surface area contributed by atoms with Gasteiger partial charge < -0.3 is 0 Å². The maximum absolute atomic E-state index is 6.59. The first kappa shape index (κ1) is 10.7. The summed E-state index contributed by atoms with van der Waals surface area (Å²) >= 11 is 6.59. The van der Waals surface area contributed by atoms with Crippen LogP contribution in [0.5, 0.6) is 0 Å². The first-order valence-corrected chi connectivity index (χ1v) is 8.33. The van der Waals surface area contributed by atoms with E-state index in [-0.39, 0.29) is 0 Å². The Morgan fingerprint density at radius 3 is 1.60 bits per heavy atom. The van der Waals surface area contributed by atoms with Gasteiger partial charge in [-0.1, -0.05) is 0 Å². The zero-order valence-electron chi connectivity index (χ0n) is 7.65. The molecule has 10 heavy (non-hydrogen) atoms. The molecule has 0 nitrogen and oxygen atoms in total. The minimum absolute atomic E-state index is 1.19. The van der Waals surface area contributed by atoms with Gasteiger partial charge in [0.2, 0.25) is 0 Å². The van der Waals surface area contributed by atoms with Crippen molar-refractivity contribution in [3.63, 3.8) is 0 Å². The standard InChI is InChI=1S/C8H20ClP/c1-5-8-10(4,9,6-2)7-3/h5-8H2,1-4H3. The molecule has 0 atom stereocenters. The SMILES string of the molecule is CCCP(C)(Cl)(CC)CC. The van der Waals surface area contributed by atoms with Gasteiger partial charge in [0.05, 0.1) is 0 Å². The van der Waals surface area contributed by atoms with Gasteiger partial charge in [-0.05, 0) is 0 Å². The monoisotopic (exact) mass is 182 g/mol. The van der Waals surface area contributed by atoms with Gasteiger partial charge in [-0.15, -0.1) is 0 Å². The Morgan fingerprint density at radius 1 is 1.10 bits per heavy atom. The normalized spacial score (nSPS) is 16.3. The van der Waals surface area contributed by atoms with Crippen LogP contribution < -0.4 is 0 Å². The van der Waals surface area contributed by atoms with Crippen LogP contribution in [0, 0.1) is 0 Å². The van der Waals surface area contributed by atoms with Crippen LogP contribution in [0.3, 0.4) is 0 Å². The molecule has 0 amide bonds.